The van der Waals surface area contributed by atoms with Crippen LogP contribution >= 0.6 is 0 Å². The lowest BCUT2D eigenvalue weighted by atomic mass is 10.1. The summed E-state index contributed by atoms with van der Waals surface area (Å²) in [4.78, 5) is 49.0. The molecule has 4 rings (SSSR count). The van der Waals surface area contributed by atoms with E-state index in [1.807, 2.05) is 19.1 Å². The van der Waals surface area contributed by atoms with Gasteiger partial charge < -0.3 is 10.6 Å². The second-order valence-electron chi connectivity index (χ2n) is 7.59. The molecule has 0 fully saturated rings. The van der Waals surface area contributed by atoms with Crippen molar-refractivity contribution >= 4 is 34.6 Å². The molecule has 4 aromatic rings. The molecule has 0 saturated carbocycles. The summed E-state index contributed by atoms with van der Waals surface area (Å²) in [6.45, 7) is 3.11. The summed E-state index contributed by atoms with van der Waals surface area (Å²) < 4.78 is 2.25. The number of benzene rings is 2. The molecule has 9 heteroatoms. The number of aromatic nitrogens is 3. The summed E-state index contributed by atoms with van der Waals surface area (Å²) in [5, 5.41) is 9.60. The molecule has 166 valence electrons. The Labute approximate surface area is 188 Å². The number of ketones is 1. The van der Waals surface area contributed by atoms with Gasteiger partial charge in [-0.25, -0.2) is 13.9 Å². The SMILES string of the molecule is CC(=O)c1ccc(NC(=O)Cn2nc3ccc(C(=O)Nc4ccc(C)cc4)cn3c2=O)cc1. The number of rotatable bonds is 6. The van der Waals surface area contributed by atoms with Crippen LogP contribution in [0.3, 0.4) is 0 Å². The zero-order valence-corrected chi connectivity index (χ0v) is 18.0. The van der Waals surface area contributed by atoms with Crippen molar-refractivity contribution in [2.75, 3.05) is 10.6 Å². The molecule has 33 heavy (non-hydrogen) atoms. The first-order valence-corrected chi connectivity index (χ1v) is 10.2. The summed E-state index contributed by atoms with van der Waals surface area (Å²) in [7, 11) is 0. The number of anilines is 2. The fourth-order valence-corrected chi connectivity index (χ4v) is 3.22. The van der Waals surface area contributed by atoms with E-state index < -0.39 is 11.6 Å². The first-order chi connectivity index (χ1) is 15.8. The fourth-order valence-electron chi connectivity index (χ4n) is 3.22. The molecule has 0 radical (unpaired) electrons. The number of carbonyl (C=O) groups is 3. The molecule has 0 aliphatic heterocycles. The zero-order valence-electron chi connectivity index (χ0n) is 18.0. The Morgan fingerprint density at radius 1 is 0.848 bits per heavy atom. The van der Waals surface area contributed by atoms with Gasteiger partial charge in [-0.1, -0.05) is 17.7 Å². The van der Waals surface area contributed by atoms with Gasteiger partial charge in [-0.05, 0) is 62.4 Å². The Morgan fingerprint density at radius 2 is 1.45 bits per heavy atom. The summed E-state index contributed by atoms with van der Waals surface area (Å²) in [6, 6.07) is 16.9. The minimum absolute atomic E-state index is 0.0731. The van der Waals surface area contributed by atoms with E-state index in [4.69, 9.17) is 0 Å². The fraction of sp³-hybridized carbons (Fsp3) is 0.125. The van der Waals surface area contributed by atoms with Crippen molar-refractivity contribution in [2.45, 2.75) is 20.4 Å². The molecular weight excluding hydrogens is 422 g/mol. The lowest BCUT2D eigenvalue weighted by molar-refractivity contribution is -0.117. The summed E-state index contributed by atoms with van der Waals surface area (Å²) in [5.74, 6) is -0.892. The van der Waals surface area contributed by atoms with Crippen LogP contribution < -0.4 is 16.3 Å². The van der Waals surface area contributed by atoms with Crippen molar-refractivity contribution in [3.8, 4) is 0 Å². The topological polar surface area (TPSA) is 115 Å². The molecule has 0 saturated heterocycles. The Balaban J connectivity index is 1.48. The number of hydrogen-bond donors (Lipinski definition) is 2. The number of aryl methyl sites for hydroxylation is 1. The van der Waals surface area contributed by atoms with Gasteiger partial charge in [-0.3, -0.25) is 14.4 Å². The molecular formula is C24H21N5O4. The van der Waals surface area contributed by atoms with E-state index in [1.165, 1.54) is 17.5 Å². The highest BCUT2D eigenvalue weighted by Crippen LogP contribution is 2.12. The normalized spacial score (nSPS) is 10.7. The van der Waals surface area contributed by atoms with Crippen LogP contribution in [0.2, 0.25) is 0 Å². The van der Waals surface area contributed by atoms with Gasteiger partial charge in [0.25, 0.3) is 5.91 Å². The summed E-state index contributed by atoms with van der Waals surface area (Å²) in [6.07, 6.45) is 1.39. The Bertz CT molecular complexity index is 1420. The van der Waals surface area contributed by atoms with Gasteiger partial charge in [-0.15, -0.1) is 5.10 Å². The van der Waals surface area contributed by atoms with Crippen molar-refractivity contribution in [3.63, 3.8) is 0 Å². The molecule has 2 N–H and O–H groups in total. The number of hydrogen-bond acceptors (Lipinski definition) is 5. The predicted molar refractivity (Wildman–Crippen MR) is 124 cm³/mol. The third kappa shape index (κ3) is 4.87. The van der Waals surface area contributed by atoms with Crippen molar-refractivity contribution in [3.05, 3.63) is 94.0 Å². The van der Waals surface area contributed by atoms with Crippen LogP contribution in [0.4, 0.5) is 11.4 Å². The van der Waals surface area contributed by atoms with Gasteiger partial charge in [0.05, 0.1) is 5.56 Å². The van der Waals surface area contributed by atoms with E-state index in [9.17, 15) is 19.2 Å². The van der Waals surface area contributed by atoms with Gasteiger partial charge in [-0.2, -0.15) is 0 Å². The third-order valence-electron chi connectivity index (χ3n) is 5.02. The molecule has 0 atom stereocenters. The van der Waals surface area contributed by atoms with Gasteiger partial charge in [0, 0.05) is 23.1 Å². The average Bonchev–Trinajstić information content (AvgIpc) is 3.10. The van der Waals surface area contributed by atoms with Crippen LogP contribution in [-0.2, 0) is 11.3 Å². The van der Waals surface area contributed by atoms with Crippen LogP contribution in [0.25, 0.3) is 5.65 Å². The quantitative estimate of drug-likeness (QED) is 0.445. The van der Waals surface area contributed by atoms with Crippen LogP contribution in [0.1, 0.15) is 33.2 Å². The zero-order chi connectivity index (χ0) is 23.5. The van der Waals surface area contributed by atoms with E-state index in [1.54, 1.807) is 48.5 Å². The highest BCUT2D eigenvalue weighted by Gasteiger charge is 2.14. The lowest BCUT2D eigenvalue weighted by Crippen LogP contribution is -2.28. The van der Waals surface area contributed by atoms with Crippen molar-refractivity contribution in [1.29, 1.82) is 0 Å². The lowest BCUT2D eigenvalue weighted by Gasteiger charge is -2.05. The number of Topliss-reactive ketones (excluding diaryl/α,β-unsaturated/α-hetero) is 1. The van der Waals surface area contributed by atoms with Gasteiger partial charge in [0.2, 0.25) is 5.91 Å². The molecule has 2 aromatic heterocycles. The van der Waals surface area contributed by atoms with Crippen LogP contribution in [0.15, 0.2) is 71.7 Å². The van der Waals surface area contributed by atoms with Gasteiger partial charge in [0.15, 0.2) is 11.4 Å². The number of fused-ring (bicyclic) bond motifs is 1. The van der Waals surface area contributed by atoms with E-state index >= 15 is 0 Å². The Morgan fingerprint density at radius 3 is 2.12 bits per heavy atom. The van der Waals surface area contributed by atoms with Crippen molar-refractivity contribution in [2.24, 2.45) is 0 Å². The molecule has 0 aliphatic carbocycles. The second-order valence-corrected chi connectivity index (χ2v) is 7.59. The minimum atomic E-state index is -0.544. The number of nitrogens with one attached hydrogen (secondary N) is 2. The minimum Gasteiger partial charge on any atom is -0.324 e. The first-order valence-electron chi connectivity index (χ1n) is 10.2. The van der Waals surface area contributed by atoms with Crippen LogP contribution in [0.5, 0.6) is 0 Å². The van der Waals surface area contributed by atoms with E-state index in [2.05, 4.69) is 15.7 Å². The second kappa shape index (κ2) is 8.91. The molecule has 0 spiro atoms. The molecule has 0 unspecified atom stereocenters. The maximum absolute atomic E-state index is 12.7. The predicted octanol–water partition coefficient (Wildman–Crippen LogP) is 2.90. The smallest absolute Gasteiger partial charge is 0.324 e. The molecule has 2 aromatic carbocycles. The van der Waals surface area contributed by atoms with Crippen molar-refractivity contribution < 1.29 is 14.4 Å². The number of carbonyl (C=O) groups excluding carboxylic acids is 3. The largest absolute Gasteiger partial charge is 0.350 e. The summed E-state index contributed by atoms with van der Waals surface area (Å²) in [5.41, 5.74) is 2.79. The number of nitrogens with zero attached hydrogens (tertiary/aromatic N) is 3. The van der Waals surface area contributed by atoms with E-state index in [0.29, 0.717) is 22.6 Å². The standard InChI is InChI=1S/C24H21N5O4/c1-15-3-8-20(9-4-15)26-23(32)18-7-12-21-27-29(24(33)28(21)13-18)14-22(31)25-19-10-5-17(6-11-19)16(2)30/h3-13H,14H2,1-2H3,(H,25,31)(H,26,32). The highest BCUT2D eigenvalue weighted by atomic mass is 16.2. The molecule has 2 amide bonds. The summed E-state index contributed by atoms with van der Waals surface area (Å²) >= 11 is 0. The first kappa shape index (κ1) is 21.7. The van der Waals surface area contributed by atoms with Gasteiger partial charge in [0.1, 0.15) is 6.54 Å². The van der Waals surface area contributed by atoms with Crippen LogP contribution in [0, 0.1) is 6.92 Å². The molecule has 0 bridgehead atoms. The van der Waals surface area contributed by atoms with E-state index in [-0.39, 0.29) is 23.8 Å². The van der Waals surface area contributed by atoms with E-state index in [0.717, 1.165) is 10.2 Å². The van der Waals surface area contributed by atoms with Gasteiger partial charge >= 0.3 is 5.69 Å². The molecule has 2 heterocycles. The monoisotopic (exact) mass is 443 g/mol. The number of amides is 2. The highest BCUT2D eigenvalue weighted by molar-refractivity contribution is 6.04. The molecule has 9 nitrogen and oxygen atoms in total. The number of pyridine rings is 1. The molecule has 0 aliphatic rings. The Hall–Kier alpha value is -4.53. The maximum Gasteiger partial charge on any atom is 0.350 e. The van der Waals surface area contributed by atoms with Crippen LogP contribution in [-0.4, -0.2) is 31.8 Å². The average molecular weight is 443 g/mol. The third-order valence-corrected chi connectivity index (χ3v) is 5.02. The maximum atomic E-state index is 12.7. The Kier molecular flexibility index (Phi) is 5.86. The van der Waals surface area contributed by atoms with Crippen molar-refractivity contribution in [1.82, 2.24) is 14.2 Å².